The minimum absolute atomic E-state index is 0.280. The molecule has 0 amide bonds. The van der Waals surface area contributed by atoms with Gasteiger partial charge in [0.2, 0.25) is 5.82 Å². The minimum atomic E-state index is -3.78. The van der Waals surface area contributed by atoms with Crippen LogP contribution in [0.15, 0.2) is 137 Å². The van der Waals surface area contributed by atoms with Crippen LogP contribution in [-0.2, 0) is 0 Å². The molecule has 0 aromatic heterocycles. The van der Waals surface area contributed by atoms with Crippen LogP contribution in [0.5, 0.6) is 0 Å². The van der Waals surface area contributed by atoms with Gasteiger partial charge in [0.05, 0.1) is 11.3 Å². The van der Waals surface area contributed by atoms with Gasteiger partial charge in [-0.25, -0.2) is 4.99 Å². The Morgan fingerprint density at radius 3 is 1.64 bits per heavy atom. The maximum atomic E-state index is 15.6. The highest BCUT2D eigenvalue weighted by atomic mass is 19.2. The van der Waals surface area contributed by atoms with Gasteiger partial charge >= 0.3 is 7.40 Å². The maximum absolute atomic E-state index is 15.6. The molecule has 0 fully saturated rings. The van der Waals surface area contributed by atoms with E-state index in [4.69, 9.17) is 9.98 Å². The van der Waals surface area contributed by atoms with E-state index in [9.17, 15) is 0 Å². The van der Waals surface area contributed by atoms with E-state index in [0.29, 0.717) is 17.1 Å². The van der Waals surface area contributed by atoms with E-state index in [1.807, 2.05) is 159 Å². The van der Waals surface area contributed by atoms with Gasteiger partial charge in [-0.05, 0) is 53.6 Å². The van der Waals surface area contributed by atoms with Crippen molar-refractivity contribution in [2.45, 2.75) is 0 Å². The molecule has 5 nitrogen and oxygen atoms in total. The van der Waals surface area contributed by atoms with Gasteiger partial charge in [-0.3, -0.25) is 0 Å². The number of aliphatic imine (C=N–C) groups is 2. The Hall–Kier alpha value is -5.08. The quantitative estimate of drug-likeness (QED) is 0.195. The smallest absolute Gasteiger partial charge is 0.422 e. The first-order valence-electron chi connectivity index (χ1n) is 15.0. The first-order valence-corrected chi connectivity index (χ1v) is 15.0. The van der Waals surface area contributed by atoms with Crippen LogP contribution in [0.2, 0.25) is 0 Å². The summed E-state index contributed by atoms with van der Waals surface area (Å²) in [6, 6.07) is 35.4. The zero-order valence-corrected chi connectivity index (χ0v) is 26.2. The number of hydrogen-bond donors (Lipinski definition) is 0. The van der Waals surface area contributed by atoms with E-state index in [1.54, 1.807) is 7.05 Å². The Morgan fingerprint density at radius 1 is 0.622 bits per heavy atom. The lowest BCUT2D eigenvalue weighted by Gasteiger charge is -2.40. The molecule has 0 N–H and O–H groups in total. The van der Waals surface area contributed by atoms with Crippen molar-refractivity contribution < 1.29 is 13.0 Å². The molecular formula is C37H36BF2N5. The van der Waals surface area contributed by atoms with Crippen molar-refractivity contribution in [2.24, 2.45) is 9.98 Å². The molecule has 1 unspecified atom stereocenters. The summed E-state index contributed by atoms with van der Waals surface area (Å²) >= 11 is 0. The fraction of sp³-hybridized carbons (Fsp3) is 0.135. The Bertz CT molecular complexity index is 1860. The fourth-order valence-corrected chi connectivity index (χ4v) is 5.77. The van der Waals surface area contributed by atoms with Gasteiger partial charge in [-0.2, -0.15) is 4.99 Å². The SMILES string of the molecule is CN(C)c1ccc(C2=CC(c3ccccc3)=C(N=C3N=C(c4ccc(N(C)C)cc4)C=C3c3ccccc3)[N+]2(C)[BH-](F)F)cc1. The van der Waals surface area contributed by atoms with Gasteiger partial charge in [0.15, 0.2) is 5.84 Å². The van der Waals surface area contributed by atoms with E-state index < -0.39 is 11.8 Å². The number of anilines is 2. The third-order valence-electron chi connectivity index (χ3n) is 8.49. The molecule has 4 aromatic rings. The Kier molecular flexibility index (Phi) is 8.08. The topological polar surface area (TPSA) is 31.2 Å². The Morgan fingerprint density at radius 2 is 1.13 bits per heavy atom. The molecule has 226 valence electrons. The molecule has 4 aromatic carbocycles. The number of halogens is 2. The lowest BCUT2D eigenvalue weighted by atomic mass is 10.0. The van der Waals surface area contributed by atoms with Crippen LogP contribution in [-0.4, -0.2) is 58.6 Å². The normalized spacial score (nSPS) is 18.8. The number of hydrogen-bond acceptors (Lipinski definition) is 3. The molecule has 0 spiro atoms. The van der Waals surface area contributed by atoms with E-state index >= 15 is 8.63 Å². The summed E-state index contributed by atoms with van der Waals surface area (Å²) in [6.45, 7) is 0. The van der Waals surface area contributed by atoms with Crippen molar-refractivity contribution in [1.29, 1.82) is 0 Å². The fourth-order valence-electron chi connectivity index (χ4n) is 5.77. The number of benzene rings is 4. The van der Waals surface area contributed by atoms with Crippen molar-refractivity contribution in [3.8, 4) is 0 Å². The molecule has 0 aliphatic carbocycles. The van der Waals surface area contributed by atoms with Crippen molar-refractivity contribution in [3.05, 3.63) is 149 Å². The summed E-state index contributed by atoms with van der Waals surface area (Å²) in [5.74, 6) is 0.695. The van der Waals surface area contributed by atoms with E-state index in [1.165, 1.54) is 0 Å². The van der Waals surface area contributed by atoms with E-state index in [2.05, 4.69) is 0 Å². The monoisotopic (exact) mass is 599 g/mol. The van der Waals surface area contributed by atoms with E-state index in [0.717, 1.165) is 44.9 Å². The molecule has 0 bridgehead atoms. The summed E-state index contributed by atoms with van der Waals surface area (Å²) in [7, 11) is 5.72. The van der Waals surface area contributed by atoms with Gasteiger partial charge < -0.3 is 22.8 Å². The summed E-state index contributed by atoms with van der Waals surface area (Å²) in [5.41, 5.74) is 8.19. The van der Waals surface area contributed by atoms with Crippen LogP contribution >= 0.6 is 0 Å². The van der Waals surface area contributed by atoms with Crippen LogP contribution in [0.3, 0.4) is 0 Å². The molecular weight excluding hydrogens is 563 g/mol. The lowest BCUT2D eigenvalue weighted by molar-refractivity contribution is -0.695. The zero-order valence-electron chi connectivity index (χ0n) is 26.2. The van der Waals surface area contributed by atoms with Gasteiger partial charge in [0, 0.05) is 69.4 Å². The van der Waals surface area contributed by atoms with Crippen molar-refractivity contribution in [1.82, 2.24) is 0 Å². The average molecular weight is 600 g/mol. The summed E-state index contributed by atoms with van der Waals surface area (Å²) in [5, 5.41) is 0. The third-order valence-corrected chi connectivity index (χ3v) is 8.49. The average Bonchev–Trinajstić information content (AvgIpc) is 3.62. The predicted molar refractivity (Wildman–Crippen MR) is 187 cm³/mol. The van der Waals surface area contributed by atoms with Crippen molar-refractivity contribution in [3.63, 3.8) is 0 Å². The molecule has 1 atom stereocenters. The molecule has 0 saturated heterocycles. The van der Waals surface area contributed by atoms with Crippen molar-refractivity contribution >= 4 is 47.2 Å². The molecule has 0 saturated carbocycles. The number of quaternary nitrogens is 1. The van der Waals surface area contributed by atoms with Gasteiger partial charge in [0.1, 0.15) is 5.70 Å². The second-order valence-corrected chi connectivity index (χ2v) is 11.9. The standard InChI is InChI=1S/C37H36BF2N5/c1-43(2)30-20-16-28(17-21-30)34-24-32(26-12-8-6-9-13-26)36(41-34)42-37-33(27-14-10-7-11-15-27)25-35(45(37,5)38(39)40)29-18-22-31(23-19-29)44(3)4/h6-25,38H,1-5H3. The highest BCUT2D eigenvalue weighted by Gasteiger charge is 2.44. The number of rotatable bonds is 8. The van der Waals surface area contributed by atoms with E-state index in [-0.39, 0.29) is 5.82 Å². The Balaban J connectivity index is 1.54. The summed E-state index contributed by atoms with van der Waals surface area (Å²) in [4.78, 5) is 14.1. The number of amidine groups is 1. The van der Waals surface area contributed by atoms with Crippen LogP contribution < -0.4 is 9.80 Å². The van der Waals surface area contributed by atoms with Gasteiger partial charge in [-0.1, -0.05) is 72.8 Å². The lowest BCUT2D eigenvalue weighted by Crippen LogP contribution is -2.47. The molecule has 0 radical (unpaired) electrons. The van der Waals surface area contributed by atoms with Crippen LogP contribution in [0.4, 0.5) is 20.0 Å². The number of allylic oxidation sites excluding steroid dienone is 3. The second kappa shape index (κ2) is 12.1. The first kappa shape index (κ1) is 30.0. The summed E-state index contributed by atoms with van der Waals surface area (Å²) < 4.78 is 30.5. The molecule has 45 heavy (non-hydrogen) atoms. The molecule has 6 rings (SSSR count). The largest absolute Gasteiger partial charge is 0.538 e. The first-order chi connectivity index (χ1) is 21.7. The zero-order chi connectivity index (χ0) is 31.7. The van der Waals surface area contributed by atoms with Crippen LogP contribution in [0, 0.1) is 0 Å². The van der Waals surface area contributed by atoms with Crippen LogP contribution in [0.25, 0.3) is 16.8 Å². The highest BCUT2D eigenvalue weighted by molar-refractivity contribution is 6.39. The molecule has 2 aliphatic rings. The summed E-state index contributed by atoms with van der Waals surface area (Å²) in [6.07, 6.45) is 3.88. The van der Waals surface area contributed by atoms with Gasteiger partial charge in [0.25, 0.3) is 0 Å². The van der Waals surface area contributed by atoms with Crippen molar-refractivity contribution in [2.75, 3.05) is 45.0 Å². The maximum Gasteiger partial charge on any atom is 0.538 e. The highest BCUT2D eigenvalue weighted by Crippen LogP contribution is 2.46. The van der Waals surface area contributed by atoms with Crippen LogP contribution in [0.1, 0.15) is 22.3 Å². The molecule has 2 heterocycles. The second-order valence-electron chi connectivity index (χ2n) is 11.9. The molecule has 8 heteroatoms. The predicted octanol–water partition coefficient (Wildman–Crippen LogP) is 7.63. The van der Waals surface area contributed by atoms with Gasteiger partial charge in [-0.15, -0.1) is 0 Å². The Labute approximate surface area is 264 Å². The minimum Gasteiger partial charge on any atom is -0.422 e. The third kappa shape index (κ3) is 5.65. The molecule has 2 aliphatic heterocycles. The number of nitrogens with zero attached hydrogens (tertiary/aromatic N) is 5.